The molecule has 5 aromatic rings. The third-order valence-corrected chi connectivity index (χ3v) is 7.39. The summed E-state index contributed by atoms with van der Waals surface area (Å²) in [5, 5.41) is 12.2. The summed E-state index contributed by atoms with van der Waals surface area (Å²) in [7, 11) is 0. The van der Waals surface area contributed by atoms with Crippen LogP contribution in [-0.4, -0.2) is 36.4 Å². The average Bonchev–Trinajstić information content (AvgIpc) is 3.64. The number of rotatable bonds is 9. The molecule has 0 saturated heterocycles. The molecule has 0 aliphatic heterocycles. The van der Waals surface area contributed by atoms with Crippen LogP contribution in [0.5, 0.6) is 5.75 Å². The maximum atomic E-state index is 13.8. The van der Waals surface area contributed by atoms with Crippen LogP contribution in [0.3, 0.4) is 0 Å². The first-order valence-corrected chi connectivity index (χ1v) is 13.2. The van der Waals surface area contributed by atoms with E-state index >= 15 is 0 Å². The van der Waals surface area contributed by atoms with Crippen molar-refractivity contribution in [3.8, 4) is 16.9 Å². The molecular formula is C26H22ClF2N7O3S. The third-order valence-electron chi connectivity index (χ3n) is 6.04. The molecule has 0 aliphatic carbocycles. The van der Waals surface area contributed by atoms with Crippen LogP contribution in [0.2, 0.25) is 5.02 Å². The number of pyridine rings is 1. The van der Waals surface area contributed by atoms with E-state index in [1.807, 2.05) is 6.92 Å². The third kappa shape index (κ3) is 5.25. The van der Waals surface area contributed by atoms with Crippen molar-refractivity contribution in [3.05, 3.63) is 75.8 Å². The number of ether oxygens (including phenoxy) is 1. The van der Waals surface area contributed by atoms with E-state index in [0.29, 0.717) is 39.5 Å². The fraction of sp³-hybridized carbons (Fsp3) is 0.192. The van der Waals surface area contributed by atoms with Crippen molar-refractivity contribution in [2.75, 3.05) is 5.32 Å². The molecule has 40 heavy (non-hydrogen) atoms. The maximum Gasteiger partial charge on any atom is 0.280 e. The summed E-state index contributed by atoms with van der Waals surface area (Å²) in [6, 6.07) is 9.40. The molecule has 0 fully saturated rings. The van der Waals surface area contributed by atoms with Gasteiger partial charge in [-0.3, -0.25) is 14.3 Å². The highest BCUT2D eigenvalue weighted by molar-refractivity contribution is 7.21. The van der Waals surface area contributed by atoms with Crippen molar-refractivity contribution in [1.29, 1.82) is 0 Å². The Balaban J connectivity index is 1.57. The molecule has 0 saturated carbocycles. The zero-order valence-electron chi connectivity index (χ0n) is 21.2. The second kappa shape index (κ2) is 11.0. The maximum absolute atomic E-state index is 13.8. The van der Waals surface area contributed by atoms with Gasteiger partial charge in [-0.2, -0.15) is 10.2 Å². The van der Waals surface area contributed by atoms with E-state index in [1.165, 1.54) is 23.0 Å². The molecule has 206 valence electrons. The van der Waals surface area contributed by atoms with Gasteiger partial charge in [0.2, 0.25) is 0 Å². The van der Waals surface area contributed by atoms with E-state index in [9.17, 15) is 18.4 Å². The number of nitrogens with one attached hydrogen (secondary N) is 1. The van der Waals surface area contributed by atoms with Gasteiger partial charge < -0.3 is 15.8 Å². The number of aromatic nitrogens is 5. The Labute approximate surface area is 235 Å². The van der Waals surface area contributed by atoms with E-state index < -0.39 is 23.9 Å². The predicted molar refractivity (Wildman–Crippen MR) is 147 cm³/mol. The molecule has 4 aromatic heterocycles. The number of primary amides is 1. The number of anilines is 1. The van der Waals surface area contributed by atoms with Gasteiger partial charge in [0.1, 0.15) is 26.8 Å². The highest BCUT2D eigenvalue weighted by Crippen LogP contribution is 2.43. The first-order valence-electron chi connectivity index (χ1n) is 12.0. The van der Waals surface area contributed by atoms with Gasteiger partial charge in [0.15, 0.2) is 6.73 Å². The van der Waals surface area contributed by atoms with Crippen LogP contribution in [0, 0.1) is 6.92 Å². The summed E-state index contributed by atoms with van der Waals surface area (Å²) >= 11 is 6.73. The average molecular weight is 586 g/mol. The predicted octanol–water partition coefficient (Wildman–Crippen LogP) is 5.66. The Kier molecular flexibility index (Phi) is 7.50. The summed E-state index contributed by atoms with van der Waals surface area (Å²) in [6.45, 7) is 4.10. The molecule has 2 amide bonds. The van der Waals surface area contributed by atoms with Gasteiger partial charge in [-0.05, 0) is 55.8 Å². The highest BCUT2D eigenvalue weighted by atomic mass is 35.5. The quantitative estimate of drug-likeness (QED) is 0.229. The minimum atomic E-state index is -2.86. The van der Waals surface area contributed by atoms with Crippen molar-refractivity contribution in [2.24, 2.45) is 5.73 Å². The number of aryl methyl sites for hydroxylation is 2. The second-order valence-corrected chi connectivity index (χ2v) is 10.1. The van der Waals surface area contributed by atoms with Crippen molar-refractivity contribution in [2.45, 2.75) is 33.5 Å². The number of carbonyl (C=O) groups excluding carboxylic acids is 2. The van der Waals surface area contributed by atoms with Gasteiger partial charge in [0.05, 0.1) is 11.4 Å². The molecule has 0 spiro atoms. The number of alkyl halides is 2. The van der Waals surface area contributed by atoms with E-state index in [4.69, 9.17) is 22.1 Å². The molecule has 3 N–H and O–H groups in total. The summed E-state index contributed by atoms with van der Waals surface area (Å²) in [5.74, 6) is -0.952. The number of fused-ring (bicyclic) bond motifs is 1. The van der Waals surface area contributed by atoms with Gasteiger partial charge in [-0.25, -0.2) is 18.4 Å². The zero-order valence-corrected chi connectivity index (χ0v) is 22.8. The Hall–Kier alpha value is -4.36. The number of amides is 2. The number of nitrogens with two attached hydrogens (primary N) is 1. The number of nitrogens with zero attached hydrogens (tertiary/aromatic N) is 5. The van der Waals surface area contributed by atoms with Crippen LogP contribution in [0.4, 0.5) is 14.5 Å². The molecule has 0 aliphatic rings. The first-order chi connectivity index (χ1) is 19.2. The minimum Gasteiger partial charge on any atom is -0.471 e. The van der Waals surface area contributed by atoms with Crippen molar-refractivity contribution in [1.82, 2.24) is 24.5 Å². The topological polar surface area (TPSA) is 130 Å². The second-order valence-electron chi connectivity index (χ2n) is 8.63. The lowest BCUT2D eigenvalue weighted by Gasteiger charge is -2.12. The summed E-state index contributed by atoms with van der Waals surface area (Å²) in [4.78, 5) is 30.1. The van der Waals surface area contributed by atoms with Gasteiger partial charge >= 0.3 is 0 Å². The van der Waals surface area contributed by atoms with Crippen molar-refractivity contribution < 1.29 is 23.1 Å². The lowest BCUT2D eigenvalue weighted by Crippen LogP contribution is -2.21. The highest BCUT2D eigenvalue weighted by Gasteiger charge is 2.27. The number of thiophene rings is 1. The number of carbonyl (C=O) groups is 2. The van der Waals surface area contributed by atoms with Crippen molar-refractivity contribution in [3.63, 3.8) is 0 Å². The van der Waals surface area contributed by atoms with Crippen molar-refractivity contribution >= 4 is 50.7 Å². The summed E-state index contributed by atoms with van der Waals surface area (Å²) in [5.41, 5.74) is 6.84. The van der Waals surface area contributed by atoms with Crippen LogP contribution in [0.1, 0.15) is 44.9 Å². The largest absolute Gasteiger partial charge is 0.471 e. The normalized spacial score (nSPS) is 11.3. The molecule has 10 nitrogen and oxygen atoms in total. The van der Waals surface area contributed by atoms with Gasteiger partial charge in [0.25, 0.3) is 18.2 Å². The van der Waals surface area contributed by atoms with Gasteiger partial charge in [-0.1, -0.05) is 11.6 Å². The Bertz CT molecular complexity index is 1730. The molecule has 0 bridgehead atoms. The van der Waals surface area contributed by atoms with Crippen LogP contribution in [0.25, 0.3) is 21.3 Å². The smallest absolute Gasteiger partial charge is 0.280 e. The zero-order chi connectivity index (χ0) is 28.6. The first kappa shape index (κ1) is 27.2. The van der Waals surface area contributed by atoms with Gasteiger partial charge in [0, 0.05) is 34.9 Å². The Morgan fingerprint density at radius 3 is 2.60 bits per heavy atom. The van der Waals surface area contributed by atoms with Crippen LogP contribution >= 0.6 is 22.9 Å². The molecule has 0 atom stereocenters. The van der Waals surface area contributed by atoms with E-state index in [-0.39, 0.29) is 27.8 Å². The summed E-state index contributed by atoms with van der Waals surface area (Å²) < 4.78 is 36.3. The minimum absolute atomic E-state index is 0.0347. The monoisotopic (exact) mass is 585 g/mol. The summed E-state index contributed by atoms with van der Waals surface area (Å²) in [6.07, 6.45) is 0.276. The molecule has 1 aromatic carbocycles. The number of hydrogen-bond donors (Lipinski definition) is 2. The van der Waals surface area contributed by atoms with E-state index in [2.05, 4.69) is 20.5 Å². The molecule has 0 unspecified atom stereocenters. The van der Waals surface area contributed by atoms with Gasteiger partial charge in [-0.15, -0.1) is 11.3 Å². The fourth-order valence-corrected chi connectivity index (χ4v) is 5.29. The number of hydrogen-bond acceptors (Lipinski definition) is 7. The fourth-order valence-electron chi connectivity index (χ4n) is 4.15. The van der Waals surface area contributed by atoms with Crippen LogP contribution < -0.4 is 15.8 Å². The number of halogens is 3. The van der Waals surface area contributed by atoms with E-state index in [0.717, 1.165) is 11.3 Å². The molecular weight excluding hydrogens is 564 g/mol. The molecule has 0 radical (unpaired) electrons. The molecule has 4 heterocycles. The molecule has 5 rings (SSSR count). The Morgan fingerprint density at radius 2 is 1.95 bits per heavy atom. The lowest BCUT2D eigenvalue weighted by atomic mass is 10.0. The van der Waals surface area contributed by atoms with Crippen LogP contribution in [0.15, 0.2) is 48.8 Å². The van der Waals surface area contributed by atoms with E-state index in [1.54, 1.807) is 42.1 Å². The van der Waals surface area contributed by atoms with Crippen LogP contribution in [-0.2, 0) is 13.3 Å². The molecule has 14 heteroatoms. The Morgan fingerprint density at radius 1 is 1.20 bits per heavy atom. The lowest BCUT2D eigenvalue weighted by molar-refractivity contribution is 0.100. The standard InChI is InChI=1S/C26H22ClF2N7O3S/c1-3-35-11-17(13(2)34-35)16-10-18(23(28)29)32-26-20(16)21(22(40-26)24(30)37)33-25(38)19-8-9-31-36(19)12-39-15-6-4-14(27)5-7-15/h4-11,23H,3,12H2,1-2H3,(H2,30,37)(H,33,38). The SMILES string of the molecule is CCn1cc(-c2cc(C(F)F)nc3sc(C(N)=O)c(NC(=O)c4ccnn4COc4ccc(Cl)cc4)c23)c(C)n1. The number of benzene rings is 1.